The summed E-state index contributed by atoms with van der Waals surface area (Å²) in [6.07, 6.45) is 2.44. The summed E-state index contributed by atoms with van der Waals surface area (Å²) in [5, 5.41) is 1.38. The van der Waals surface area contributed by atoms with Crippen molar-refractivity contribution in [3.63, 3.8) is 0 Å². The normalized spacial score (nSPS) is 11.1. The quantitative estimate of drug-likeness (QED) is 0.512. The minimum absolute atomic E-state index is 0.0180. The molecule has 0 atom stereocenters. The van der Waals surface area contributed by atoms with Crippen LogP contribution in [0.5, 0.6) is 0 Å². The SMILES string of the molecule is CCCCC(=O)c1ccc2sc3ccccc3c(=O)c2c1. The fraction of sp³-hybridized carbons (Fsp3) is 0.222. The zero-order valence-corrected chi connectivity index (χ0v) is 12.7. The molecule has 0 aliphatic rings. The molecule has 2 nitrogen and oxygen atoms in total. The van der Waals surface area contributed by atoms with Gasteiger partial charge in [-0.15, -0.1) is 11.3 Å². The smallest absolute Gasteiger partial charge is 0.195 e. The summed E-state index contributed by atoms with van der Waals surface area (Å²) >= 11 is 1.59. The number of hydrogen-bond acceptors (Lipinski definition) is 3. The third-order valence-corrected chi connectivity index (χ3v) is 4.81. The molecule has 0 spiro atoms. The van der Waals surface area contributed by atoms with Crippen molar-refractivity contribution in [2.24, 2.45) is 0 Å². The van der Waals surface area contributed by atoms with Gasteiger partial charge in [-0.1, -0.05) is 25.5 Å². The van der Waals surface area contributed by atoms with E-state index in [1.54, 1.807) is 17.4 Å². The van der Waals surface area contributed by atoms with E-state index in [1.807, 2.05) is 36.4 Å². The Morgan fingerprint density at radius 3 is 2.62 bits per heavy atom. The third-order valence-electron chi connectivity index (χ3n) is 3.66. The number of rotatable bonds is 4. The first-order valence-corrected chi connectivity index (χ1v) is 8.01. The molecule has 0 fully saturated rings. The Labute approximate surface area is 127 Å². The number of unbranched alkanes of at least 4 members (excludes halogenated alkanes) is 1. The Morgan fingerprint density at radius 1 is 1.05 bits per heavy atom. The molecule has 0 aliphatic carbocycles. The second-order valence-electron chi connectivity index (χ2n) is 5.17. The zero-order chi connectivity index (χ0) is 14.8. The maximum absolute atomic E-state index is 12.6. The molecule has 0 bridgehead atoms. The van der Waals surface area contributed by atoms with Gasteiger partial charge < -0.3 is 0 Å². The molecule has 1 aromatic heterocycles. The summed E-state index contributed by atoms with van der Waals surface area (Å²) in [6, 6.07) is 13.1. The van der Waals surface area contributed by atoms with Crippen molar-refractivity contribution < 1.29 is 4.79 Å². The lowest BCUT2D eigenvalue weighted by Crippen LogP contribution is -2.04. The van der Waals surface area contributed by atoms with E-state index < -0.39 is 0 Å². The summed E-state index contributed by atoms with van der Waals surface area (Å²) in [4.78, 5) is 24.7. The van der Waals surface area contributed by atoms with Gasteiger partial charge in [0, 0.05) is 32.2 Å². The van der Waals surface area contributed by atoms with Crippen molar-refractivity contribution >= 4 is 37.3 Å². The van der Waals surface area contributed by atoms with Gasteiger partial charge in [0.1, 0.15) is 0 Å². The first-order chi connectivity index (χ1) is 10.2. The fourth-order valence-electron chi connectivity index (χ4n) is 2.46. The average Bonchev–Trinajstić information content (AvgIpc) is 2.52. The van der Waals surface area contributed by atoms with Gasteiger partial charge in [0.25, 0.3) is 0 Å². The van der Waals surface area contributed by atoms with Crippen molar-refractivity contribution in [2.75, 3.05) is 0 Å². The summed E-state index contributed by atoms with van der Waals surface area (Å²) < 4.78 is 1.92. The van der Waals surface area contributed by atoms with Gasteiger partial charge in [-0.3, -0.25) is 9.59 Å². The number of fused-ring (bicyclic) bond motifs is 2. The van der Waals surface area contributed by atoms with Gasteiger partial charge in [0.15, 0.2) is 11.2 Å². The molecule has 0 N–H and O–H groups in total. The molecule has 3 rings (SSSR count). The lowest BCUT2D eigenvalue weighted by atomic mass is 10.0. The molecule has 0 radical (unpaired) electrons. The largest absolute Gasteiger partial charge is 0.294 e. The van der Waals surface area contributed by atoms with Crippen molar-refractivity contribution in [3.8, 4) is 0 Å². The summed E-state index contributed by atoms with van der Waals surface area (Å²) in [5.41, 5.74) is 0.667. The molecule has 0 unspecified atom stereocenters. The number of benzene rings is 2. The molecule has 0 amide bonds. The van der Waals surface area contributed by atoms with E-state index >= 15 is 0 Å². The van der Waals surface area contributed by atoms with Crippen LogP contribution < -0.4 is 5.43 Å². The molecule has 3 aromatic rings. The lowest BCUT2D eigenvalue weighted by Gasteiger charge is -2.04. The van der Waals surface area contributed by atoms with Crippen LogP contribution in [0, 0.1) is 0 Å². The molecular weight excluding hydrogens is 280 g/mol. The molecule has 0 aliphatic heterocycles. The van der Waals surface area contributed by atoms with E-state index in [0.29, 0.717) is 17.4 Å². The van der Waals surface area contributed by atoms with Crippen LogP contribution in [-0.2, 0) is 0 Å². The van der Waals surface area contributed by atoms with Gasteiger partial charge in [-0.05, 0) is 36.8 Å². The number of carbonyl (C=O) groups excluding carboxylic acids is 1. The Balaban J connectivity index is 2.17. The minimum atomic E-state index is 0.0180. The fourth-order valence-corrected chi connectivity index (χ4v) is 3.51. The molecule has 0 saturated heterocycles. The second kappa shape index (κ2) is 5.78. The average molecular weight is 296 g/mol. The maximum Gasteiger partial charge on any atom is 0.195 e. The summed E-state index contributed by atoms with van der Waals surface area (Å²) in [5.74, 6) is 0.122. The van der Waals surface area contributed by atoms with Crippen molar-refractivity contribution in [1.82, 2.24) is 0 Å². The highest BCUT2D eigenvalue weighted by Gasteiger charge is 2.10. The van der Waals surface area contributed by atoms with Gasteiger partial charge in [0.2, 0.25) is 0 Å². The predicted octanol–water partition coefficient (Wildman–Crippen LogP) is 4.79. The Hall–Kier alpha value is -2.00. The van der Waals surface area contributed by atoms with Crippen LogP contribution in [0.3, 0.4) is 0 Å². The standard InChI is InChI=1S/C18H16O2S/c1-2-3-7-15(19)12-9-10-17-14(11-12)18(20)13-6-4-5-8-16(13)21-17/h4-6,8-11H,2-3,7H2,1H3. The summed E-state index contributed by atoms with van der Waals surface area (Å²) in [6.45, 7) is 2.07. The zero-order valence-electron chi connectivity index (χ0n) is 11.9. The van der Waals surface area contributed by atoms with E-state index in [9.17, 15) is 9.59 Å². The van der Waals surface area contributed by atoms with Crippen LogP contribution in [-0.4, -0.2) is 5.78 Å². The van der Waals surface area contributed by atoms with E-state index in [0.717, 1.165) is 27.6 Å². The van der Waals surface area contributed by atoms with Crippen molar-refractivity contribution in [3.05, 3.63) is 58.3 Å². The van der Waals surface area contributed by atoms with E-state index in [2.05, 4.69) is 6.92 Å². The van der Waals surface area contributed by atoms with Crippen LogP contribution in [0.15, 0.2) is 47.3 Å². The van der Waals surface area contributed by atoms with E-state index in [1.165, 1.54) is 0 Å². The van der Waals surface area contributed by atoms with Crippen LogP contribution in [0.25, 0.3) is 20.2 Å². The predicted molar refractivity (Wildman–Crippen MR) is 89.5 cm³/mol. The number of hydrogen-bond donors (Lipinski definition) is 0. The number of Topliss-reactive ketones (excluding diaryl/α,β-unsaturated/α-hetero) is 1. The first kappa shape index (κ1) is 14.0. The Kier molecular flexibility index (Phi) is 3.84. The van der Waals surface area contributed by atoms with Crippen LogP contribution in [0.1, 0.15) is 36.5 Å². The number of ketones is 1. The first-order valence-electron chi connectivity index (χ1n) is 7.19. The van der Waals surface area contributed by atoms with Crippen molar-refractivity contribution in [1.29, 1.82) is 0 Å². The van der Waals surface area contributed by atoms with E-state index in [4.69, 9.17) is 0 Å². The topological polar surface area (TPSA) is 34.1 Å². The van der Waals surface area contributed by atoms with Gasteiger partial charge in [-0.25, -0.2) is 0 Å². The van der Waals surface area contributed by atoms with Crippen LogP contribution >= 0.6 is 11.3 Å². The van der Waals surface area contributed by atoms with Gasteiger partial charge in [-0.2, -0.15) is 0 Å². The molecule has 3 heteroatoms. The highest BCUT2D eigenvalue weighted by molar-refractivity contribution is 7.24. The highest BCUT2D eigenvalue weighted by atomic mass is 32.1. The Morgan fingerprint density at radius 2 is 1.81 bits per heavy atom. The molecule has 2 aromatic carbocycles. The van der Waals surface area contributed by atoms with Crippen molar-refractivity contribution in [2.45, 2.75) is 26.2 Å². The molecular formula is C18H16O2S. The number of carbonyl (C=O) groups is 1. The molecule has 21 heavy (non-hydrogen) atoms. The van der Waals surface area contributed by atoms with Gasteiger partial charge in [0.05, 0.1) is 0 Å². The van der Waals surface area contributed by atoms with Crippen LogP contribution in [0.2, 0.25) is 0 Å². The third kappa shape index (κ3) is 2.61. The van der Waals surface area contributed by atoms with Crippen LogP contribution in [0.4, 0.5) is 0 Å². The molecule has 1 heterocycles. The maximum atomic E-state index is 12.6. The molecule has 106 valence electrons. The van der Waals surface area contributed by atoms with Gasteiger partial charge >= 0.3 is 0 Å². The van der Waals surface area contributed by atoms with E-state index in [-0.39, 0.29) is 11.2 Å². The second-order valence-corrected chi connectivity index (χ2v) is 6.25. The Bertz CT molecular complexity index is 877. The molecule has 0 saturated carbocycles. The summed E-state index contributed by atoms with van der Waals surface area (Å²) in [7, 11) is 0. The lowest BCUT2D eigenvalue weighted by molar-refractivity contribution is 0.0980. The highest BCUT2D eigenvalue weighted by Crippen LogP contribution is 2.25. The monoisotopic (exact) mass is 296 g/mol. The minimum Gasteiger partial charge on any atom is -0.294 e.